The second-order valence-corrected chi connectivity index (χ2v) is 8.78. The maximum absolute atomic E-state index is 13.1. The number of anilines is 2. The van der Waals surface area contributed by atoms with E-state index in [1.54, 1.807) is 16.2 Å². The van der Waals surface area contributed by atoms with Gasteiger partial charge < -0.3 is 10.2 Å². The van der Waals surface area contributed by atoms with Crippen LogP contribution in [-0.2, 0) is 9.59 Å². The number of aromatic nitrogens is 3. The molecule has 1 aliphatic rings. The van der Waals surface area contributed by atoms with Gasteiger partial charge in [0.15, 0.2) is 5.82 Å². The summed E-state index contributed by atoms with van der Waals surface area (Å²) in [5.74, 6) is -0.677. The van der Waals surface area contributed by atoms with Crippen LogP contribution in [0.5, 0.6) is 0 Å². The number of rotatable bonds is 4. The quantitative estimate of drug-likeness (QED) is 0.519. The average molecular weight is 443 g/mol. The summed E-state index contributed by atoms with van der Waals surface area (Å²) in [5.41, 5.74) is 2.55. The van der Waals surface area contributed by atoms with Gasteiger partial charge in [0.25, 0.3) is 0 Å². The molecule has 158 valence electrons. The van der Waals surface area contributed by atoms with Gasteiger partial charge in [0, 0.05) is 18.7 Å². The monoisotopic (exact) mass is 442 g/mol. The van der Waals surface area contributed by atoms with Crippen molar-refractivity contribution in [2.24, 2.45) is 5.92 Å². The molecule has 2 aromatic carbocycles. The Morgan fingerprint density at radius 3 is 2.81 bits per heavy atom. The molecule has 2 amide bonds. The van der Waals surface area contributed by atoms with Gasteiger partial charge in [-0.1, -0.05) is 18.2 Å². The third kappa shape index (κ3) is 3.50. The molecule has 0 spiro atoms. The van der Waals surface area contributed by atoms with Gasteiger partial charge in [-0.15, -0.1) is 11.3 Å². The van der Waals surface area contributed by atoms with Gasteiger partial charge in [-0.2, -0.15) is 10.4 Å². The Bertz CT molecular complexity index is 1380. The van der Waals surface area contributed by atoms with Gasteiger partial charge in [0.1, 0.15) is 11.6 Å². The minimum Gasteiger partial charge on any atom is -0.312 e. The summed E-state index contributed by atoms with van der Waals surface area (Å²) in [6.45, 7) is 2.21. The third-order valence-electron chi connectivity index (χ3n) is 5.42. The van der Waals surface area contributed by atoms with E-state index in [4.69, 9.17) is 0 Å². The summed E-state index contributed by atoms with van der Waals surface area (Å²) < 4.78 is 2.58. The third-order valence-corrected chi connectivity index (χ3v) is 6.37. The fraction of sp³-hybridized carbons (Fsp3) is 0.174. The van der Waals surface area contributed by atoms with Crippen LogP contribution in [0, 0.1) is 24.2 Å². The molecule has 1 N–H and O–H groups in total. The van der Waals surface area contributed by atoms with E-state index in [1.807, 2.05) is 55.5 Å². The van der Waals surface area contributed by atoms with Gasteiger partial charge in [-0.25, -0.2) is 9.67 Å². The van der Waals surface area contributed by atoms with Crippen LogP contribution in [0.2, 0.25) is 0 Å². The van der Waals surface area contributed by atoms with Crippen LogP contribution < -0.4 is 10.2 Å². The molecule has 1 saturated heterocycles. The molecule has 5 rings (SSSR count). The molecular formula is C23H18N6O2S. The molecule has 0 radical (unpaired) electrons. The van der Waals surface area contributed by atoms with E-state index >= 15 is 0 Å². The average Bonchev–Trinajstić information content (AvgIpc) is 3.49. The number of benzene rings is 2. The van der Waals surface area contributed by atoms with E-state index in [0.29, 0.717) is 5.82 Å². The Balaban J connectivity index is 1.38. The number of carbonyl (C=O) groups excluding carboxylic acids is 2. The standard InChI is InChI=1S/C23H18N6O2S/c1-14-26-19-10-18(7-8-20(19)32-14)28-13-15(9-21(28)30)23(31)27-22-16(11-24)12-25-29(22)17-5-3-2-4-6-17/h2-8,10,12,15H,9,13H2,1H3,(H,27,31). The van der Waals surface area contributed by atoms with Gasteiger partial charge in [0.2, 0.25) is 11.8 Å². The van der Waals surface area contributed by atoms with Crippen molar-refractivity contribution in [3.8, 4) is 11.8 Å². The molecule has 1 aliphatic heterocycles. The molecule has 2 aromatic heterocycles. The molecule has 0 bridgehead atoms. The number of para-hydroxylation sites is 1. The normalized spacial score (nSPS) is 15.8. The second kappa shape index (κ2) is 7.90. The van der Waals surface area contributed by atoms with Crippen LogP contribution in [0.4, 0.5) is 11.5 Å². The molecule has 32 heavy (non-hydrogen) atoms. The van der Waals surface area contributed by atoms with E-state index in [9.17, 15) is 14.9 Å². The number of aryl methyl sites for hydroxylation is 1. The first-order valence-electron chi connectivity index (χ1n) is 10.1. The minimum atomic E-state index is -0.541. The number of thiazole rings is 1. The SMILES string of the molecule is Cc1nc2cc(N3CC(C(=O)Nc4c(C#N)cnn4-c4ccccc4)CC3=O)ccc2s1. The summed E-state index contributed by atoms with van der Waals surface area (Å²) in [5, 5.41) is 17.5. The van der Waals surface area contributed by atoms with E-state index in [0.717, 1.165) is 26.6 Å². The molecular weight excluding hydrogens is 424 g/mol. The van der Waals surface area contributed by atoms with E-state index in [2.05, 4.69) is 21.5 Å². The zero-order valence-corrected chi connectivity index (χ0v) is 18.0. The molecule has 4 aromatic rings. The Morgan fingerprint density at radius 2 is 2.03 bits per heavy atom. The van der Waals surface area contributed by atoms with Crippen LogP contribution >= 0.6 is 11.3 Å². The predicted octanol–water partition coefficient (Wildman–Crippen LogP) is 3.65. The molecule has 9 heteroatoms. The zero-order valence-electron chi connectivity index (χ0n) is 17.1. The first-order chi connectivity index (χ1) is 15.5. The van der Waals surface area contributed by atoms with Crippen molar-refractivity contribution in [2.45, 2.75) is 13.3 Å². The zero-order chi connectivity index (χ0) is 22.2. The van der Waals surface area contributed by atoms with Crippen molar-refractivity contribution in [2.75, 3.05) is 16.8 Å². The van der Waals surface area contributed by atoms with E-state index in [-0.39, 0.29) is 30.3 Å². The van der Waals surface area contributed by atoms with Crippen molar-refractivity contribution in [3.05, 3.63) is 65.3 Å². The number of fused-ring (bicyclic) bond motifs is 1. The lowest BCUT2D eigenvalue weighted by molar-refractivity contribution is -0.122. The maximum Gasteiger partial charge on any atom is 0.231 e. The van der Waals surface area contributed by atoms with Gasteiger partial charge in [-0.05, 0) is 37.3 Å². The Kier molecular flexibility index (Phi) is 4.92. The number of nitrogens with zero attached hydrogens (tertiary/aromatic N) is 5. The summed E-state index contributed by atoms with van der Waals surface area (Å²) in [7, 11) is 0. The second-order valence-electron chi connectivity index (χ2n) is 7.55. The predicted molar refractivity (Wildman–Crippen MR) is 122 cm³/mol. The fourth-order valence-corrected chi connectivity index (χ4v) is 4.67. The number of hydrogen-bond acceptors (Lipinski definition) is 6. The Labute approximate surface area is 187 Å². The van der Waals surface area contributed by atoms with Crippen molar-refractivity contribution in [1.29, 1.82) is 5.26 Å². The Morgan fingerprint density at radius 1 is 1.22 bits per heavy atom. The molecule has 8 nitrogen and oxygen atoms in total. The smallest absolute Gasteiger partial charge is 0.231 e. The molecule has 1 fully saturated rings. The Hall–Kier alpha value is -4.03. The highest BCUT2D eigenvalue weighted by Crippen LogP contribution is 2.31. The number of hydrogen-bond donors (Lipinski definition) is 1. The van der Waals surface area contributed by atoms with Crippen molar-refractivity contribution in [3.63, 3.8) is 0 Å². The number of nitrogens with one attached hydrogen (secondary N) is 1. The largest absolute Gasteiger partial charge is 0.312 e. The topological polar surface area (TPSA) is 104 Å². The lowest BCUT2D eigenvalue weighted by Crippen LogP contribution is -2.28. The molecule has 1 atom stereocenters. The van der Waals surface area contributed by atoms with Crippen LogP contribution in [0.3, 0.4) is 0 Å². The van der Waals surface area contributed by atoms with Gasteiger partial charge >= 0.3 is 0 Å². The van der Waals surface area contributed by atoms with Crippen LogP contribution in [0.1, 0.15) is 17.0 Å². The van der Waals surface area contributed by atoms with Crippen molar-refractivity contribution >= 4 is 44.9 Å². The highest BCUT2D eigenvalue weighted by Gasteiger charge is 2.36. The summed E-state index contributed by atoms with van der Waals surface area (Å²) in [6, 6.07) is 17.0. The summed E-state index contributed by atoms with van der Waals surface area (Å²) >= 11 is 1.60. The van der Waals surface area contributed by atoms with Gasteiger partial charge in [0.05, 0.1) is 33.0 Å². The number of carbonyl (C=O) groups is 2. The highest BCUT2D eigenvalue weighted by molar-refractivity contribution is 7.18. The fourth-order valence-electron chi connectivity index (χ4n) is 3.87. The molecule has 0 saturated carbocycles. The number of amides is 2. The van der Waals surface area contributed by atoms with Crippen molar-refractivity contribution < 1.29 is 9.59 Å². The number of nitriles is 1. The lowest BCUT2D eigenvalue weighted by atomic mass is 10.1. The van der Waals surface area contributed by atoms with Crippen LogP contribution in [0.15, 0.2) is 54.7 Å². The highest BCUT2D eigenvalue weighted by atomic mass is 32.1. The first-order valence-corrected chi connectivity index (χ1v) is 10.9. The minimum absolute atomic E-state index is 0.0985. The van der Waals surface area contributed by atoms with Crippen molar-refractivity contribution in [1.82, 2.24) is 14.8 Å². The molecule has 1 unspecified atom stereocenters. The molecule has 0 aliphatic carbocycles. The van der Waals surface area contributed by atoms with E-state index in [1.165, 1.54) is 10.9 Å². The van der Waals surface area contributed by atoms with E-state index < -0.39 is 5.92 Å². The first kappa shape index (κ1) is 19.9. The molecule has 3 heterocycles. The summed E-state index contributed by atoms with van der Waals surface area (Å²) in [4.78, 5) is 31.9. The maximum atomic E-state index is 13.1. The lowest BCUT2D eigenvalue weighted by Gasteiger charge is -2.17. The van der Waals surface area contributed by atoms with Crippen LogP contribution in [0.25, 0.3) is 15.9 Å². The van der Waals surface area contributed by atoms with Gasteiger partial charge in [-0.3, -0.25) is 9.59 Å². The van der Waals surface area contributed by atoms with Crippen LogP contribution in [-0.4, -0.2) is 33.1 Å². The summed E-state index contributed by atoms with van der Waals surface area (Å²) in [6.07, 6.45) is 1.51.